The van der Waals surface area contributed by atoms with Crippen molar-refractivity contribution >= 4 is 5.97 Å². The standard InChI is InChI=1S/C9H17NO4/c1-13-7-4-10-9(8(11)12)2-5-14-6-3-9/h10H,2-7H2,1H3,(H,11,12). The molecular weight excluding hydrogens is 186 g/mol. The third-order valence-electron chi connectivity index (χ3n) is 2.53. The smallest absolute Gasteiger partial charge is 0.324 e. The highest BCUT2D eigenvalue weighted by molar-refractivity contribution is 5.78. The molecule has 1 aliphatic heterocycles. The normalized spacial score (nSPS) is 20.6. The second kappa shape index (κ2) is 5.29. The summed E-state index contributed by atoms with van der Waals surface area (Å²) >= 11 is 0. The van der Waals surface area contributed by atoms with Crippen LogP contribution in [0.15, 0.2) is 0 Å². The highest BCUT2D eigenvalue weighted by atomic mass is 16.5. The second-order valence-corrected chi connectivity index (χ2v) is 3.42. The van der Waals surface area contributed by atoms with Gasteiger partial charge >= 0.3 is 5.97 Å². The number of hydrogen-bond donors (Lipinski definition) is 2. The molecule has 0 unspecified atom stereocenters. The van der Waals surface area contributed by atoms with Crippen molar-refractivity contribution in [2.24, 2.45) is 0 Å². The molecule has 0 bridgehead atoms. The Morgan fingerprint density at radius 3 is 2.71 bits per heavy atom. The Hall–Kier alpha value is -0.650. The molecule has 2 N–H and O–H groups in total. The molecule has 0 atom stereocenters. The van der Waals surface area contributed by atoms with Crippen LogP contribution in [-0.2, 0) is 14.3 Å². The Balaban J connectivity index is 2.47. The Morgan fingerprint density at radius 2 is 2.21 bits per heavy atom. The van der Waals surface area contributed by atoms with Gasteiger partial charge in [0.1, 0.15) is 5.54 Å². The summed E-state index contributed by atoms with van der Waals surface area (Å²) in [5.74, 6) is -0.795. The maximum absolute atomic E-state index is 11.1. The van der Waals surface area contributed by atoms with E-state index in [0.717, 1.165) is 0 Å². The van der Waals surface area contributed by atoms with Crippen molar-refractivity contribution in [2.75, 3.05) is 33.5 Å². The van der Waals surface area contributed by atoms with Crippen LogP contribution in [0.5, 0.6) is 0 Å². The van der Waals surface area contributed by atoms with E-state index in [1.165, 1.54) is 0 Å². The van der Waals surface area contributed by atoms with E-state index in [-0.39, 0.29) is 0 Å². The van der Waals surface area contributed by atoms with Crippen LogP contribution in [-0.4, -0.2) is 50.1 Å². The largest absolute Gasteiger partial charge is 0.480 e. The number of aliphatic carboxylic acids is 1. The molecular formula is C9H17NO4. The molecule has 5 heteroatoms. The van der Waals surface area contributed by atoms with Gasteiger partial charge in [-0.1, -0.05) is 0 Å². The van der Waals surface area contributed by atoms with E-state index in [1.54, 1.807) is 7.11 Å². The van der Waals surface area contributed by atoms with E-state index in [9.17, 15) is 4.79 Å². The van der Waals surface area contributed by atoms with Crippen molar-refractivity contribution in [2.45, 2.75) is 18.4 Å². The first-order valence-electron chi connectivity index (χ1n) is 4.76. The van der Waals surface area contributed by atoms with Gasteiger partial charge in [0, 0.05) is 26.9 Å². The fraction of sp³-hybridized carbons (Fsp3) is 0.889. The SMILES string of the molecule is COCCNC1(C(=O)O)CCOCC1. The van der Waals surface area contributed by atoms with E-state index in [1.807, 2.05) is 0 Å². The van der Waals surface area contributed by atoms with Gasteiger partial charge in [0.2, 0.25) is 0 Å². The molecule has 1 aliphatic rings. The van der Waals surface area contributed by atoms with E-state index in [2.05, 4.69) is 5.32 Å². The summed E-state index contributed by atoms with van der Waals surface area (Å²) in [5, 5.41) is 12.2. The van der Waals surface area contributed by atoms with Crippen LogP contribution in [0.2, 0.25) is 0 Å². The van der Waals surface area contributed by atoms with Crippen LogP contribution in [0.1, 0.15) is 12.8 Å². The Kier molecular flexibility index (Phi) is 4.31. The number of rotatable bonds is 5. The number of methoxy groups -OCH3 is 1. The Morgan fingerprint density at radius 1 is 1.57 bits per heavy atom. The molecule has 1 rings (SSSR count). The van der Waals surface area contributed by atoms with Crippen LogP contribution in [0.3, 0.4) is 0 Å². The Bertz CT molecular complexity index is 189. The summed E-state index contributed by atoms with van der Waals surface area (Å²) in [6.07, 6.45) is 1.04. The molecule has 0 aromatic carbocycles. The highest BCUT2D eigenvalue weighted by Gasteiger charge is 2.39. The third kappa shape index (κ3) is 2.67. The summed E-state index contributed by atoms with van der Waals surface area (Å²) in [6, 6.07) is 0. The first-order chi connectivity index (χ1) is 6.71. The summed E-state index contributed by atoms with van der Waals surface area (Å²) in [6.45, 7) is 2.09. The third-order valence-corrected chi connectivity index (χ3v) is 2.53. The molecule has 14 heavy (non-hydrogen) atoms. The summed E-state index contributed by atoms with van der Waals surface area (Å²) in [5.41, 5.74) is -0.809. The van der Waals surface area contributed by atoms with Crippen LogP contribution in [0.25, 0.3) is 0 Å². The number of hydrogen-bond acceptors (Lipinski definition) is 4. The predicted octanol–water partition coefficient (Wildman–Crippen LogP) is -0.144. The number of ether oxygens (including phenoxy) is 2. The van der Waals surface area contributed by atoms with Crippen molar-refractivity contribution in [3.63, 3.8) is 0 Å². The molecule has 0 saturated carbocycles. The minimum atomic E-state index is -0.809. The van der Waals surface area contributed by atoms with Crippen molar-refractivity contribution in [1.82, 2.24) is 5.32 Å². The van der Waals surface area contributed by atoms with Gasteiger partial charge in [-0.3, -0.25) is 10.1 Å². The average molecular weight is 203 g/mol. The molecule has 5 nitrogen and oxygen atoms in total. The quantitative estimate of drug-likeness (QED) is 0.608. The molecule has 1 heterocycles. The maximum Gasteiger partial charge on any atom is 0.324 e. The Labute approximate surface area is 83.4 Å². The molecule has 1 saturated heterocycles. The van der Waals surface area contributed by atoms with Gasteiger partial charge in [-0.05, 0) is 12.8 Å². The minimum absolute atomic E-state index is 0.506. The van der Waals surface area contributed by atoms with E-state index < -0.39 is 11.5 Å². The van der Waals surface area contributed by atoms with Gasteiger partial charge in [0.05, 0.1) is 6.61 Å². The van der Waals surface area contributed by atoms with Crippen LogP contribution in [0.4, 0.5) is 0 Å². The second-order valence-electron chi connectivity index (χ2n) is 3.42. The lowest BCUT2D eigenvalue weighted by Crippen LogP contribution is -2.56. The summed E-state index contributed by atoms with van der Waals surface area (Å²) in [4.78, 5) is 11.1. The summed E-state index contributed by atoms with van der Waals surface area (Å²) < 4.78 is 10.0. The van der Waals surface area contributed by atoms with Crippen LogP contribution < -0.4 is 5.32 Å². The first kappa shape index (κ1) is 11.4. The highest BCUT2D eigenvalue weighted by Crippen LogP contribution is 2.20. The van der Waals surface area contributed by atoms with E-state index in [4.69, 9.17) is 14.6 Å². The molecule has 1 fully saturated rings. The molecule has 0 aromatic rings. The fourth-order valence-corrected chi connectivity index (χ4v) is 1.58. The van der Waals surface area contributed by atoms with Crippen molar-refractivity contribution in [3.8, 4) is 0 Å². The van der Waals surface area contributed by atoms with Gasteiger partial charge in [0.15, 0.2) is 0 Å². The molecule has 0 amide bonds. The molecule has 0 radical (unpaired) electrons. The zero-order chi connectivity index (χ0) is 10.4. The summed E-state index contributed by atoms with van der Waals surface area (Å²) in [7, 11) is 1.60. The van der Waals surface area contributed by atoms with Crippen LogP contribution in [0, 0.1) is 0 Å². The van der Waals surface area contributed by atoms with Crippen molar-refractivity contribution in [1.29, 1.82) is 0 Å². The first-order valence-corrected chi connectivity index (χ1v) is 4.76. The average Bonchev–Trinajstić information content (AvgIpc) is 2.19. The number of carbonyl (C=O) groups is 1. The van der Waals surface area contributed by atoms with Gasteiger partial charge in [-0.2, -0.15) is 0 Å². The zero-order valence-corrected chi connectivity index (χ0v) is 8.41. The van der Waals surface area contributed by atoms with Gasteiger partial charge in [-0.15, -0.1) is 0 Å². The molecule has 0 aliphatic carbocycles. The monoisotopic (exact) mass is 203 g/mol. The minimum Gasteiger partial charge on any atom is -0.480 e. The van der Waals surface area contributed by atoms with E-state index in [0.29, 0.717) is 39.2 Å². The lowest BCUT2D eigenvalue weighted by Gasteiger charge is -2.33. The lowest BCUT2D eigenvalue weighted by atomic mass is 9.90. The predicted molar refractivity (Wildman–Crippen MR) is 50.3 cm³/mol. The zero-order valence-electron chi connectivity index (χ0n) is 8.41. The molecule has 0 aromatic heterocycles. The number of carboxylic acid groups (broad SMARTS) is 1. The lowest BCUT2D eigenvalue weighted by molar-refractivity contribution is -0.149. The number of nitrogens with one attached hydrogen (secondary N) is 1. The van der Waals surface area contributed by atoms with Gasteiger partial charge in [-0.25, -0.2) is 0 Å². The van der Waals surface area contributed by atoms with E-state index >= 15 is 0 Å². The van der Waals surface area contributed by atoms with Crippen LogP contribution >= 0.6 is 0 Å². The molecule has 0 spiro atoms. The topological polar surface area (TPSA) is 67.8 Å². The molecule has 82 valence electrons. The van der Waals surface area contributed by atoms with Crippen molar-refractivity contribution in [3.05, 3.63) is 0 Å². The fourth-order valence-electron chi connectivity index (χ4n) is 1.58. The maximum atomic E-state index is 11.1. The van der Waals surface area contributed by atoms with Gasteiger partial charge in [0.25, 0.3) is 0 Å². The van der Waals surface area contributed by atoms with Gasteiger partial charge < -0.3 is 14.6 Å². The van der Waals surface area contributed by atoms with Crippen molar-refractivity contribution < 1.29 is 19.4 Å². The number of carboxylic acids is 1.